The summed E-state index contributed by atoms with van der Waals surface area (Å²) in [5.74, 6) is -0.0858. The largest absolute Gasteiger partial charge is 0.480 e. The van der Waals surface area contributed by atoms with Crippen molar-refractivity contribution in [2.24, 2.45) is 0 Å². The van der Waals surface area contributed by atoms with Gasteiger partial charge in [-0.25, -0.2) is 4.79 Å². The highest BCUT2D eigenvalue weighted by molar-refractivity contribution is 7.98. The first-order valence-electron chi connectivity index (χ1n) is 12.5. The third-order valence-electron chi connectivity index (χ3n) is 6.11. The van der Waals surface area contributed by atoms with Crippen LogP contribution in [0.4, 0.5) is 0 Å². The molecule has 1 heterocycles. The zero-order chi connectivity index (χ0) is 27.6. The maximum Gasteiger partial charge on any atom is 0.326 e. The molecule has 1 atom stereocenters. The van der Waals surface area contributed by atoms with Crippen LogP contribution in [0.5, 0.6) is 5.75 Å². The number of hydroxylamine groups is 1. The molecule has 1 aliphatic heterocycles. The Morgan fingerprint density at radius 2 is 1.82 bits per heavy atom. The number of para-hydroxylation sites is 1. The van der Waals surface area contributed by atoms with Gasteiger partial charge in [0.05, 0.1) is 6.20 Å². The minimum atomic E-state index is -1.04. The van der Waals surface area contributed by atoms with Crippen LogP contribution in [0, 0.1) is 6.92 Å². The van der Waals surface area contributed by atoms with Crippen LogP contribution < -0.4 is 15.6 Å². The molecule has 200 valence electrons. The summed E-state index contributed by atoms with van der Waals surface area (Å²) in [6.45, 7) is 1.99. The summed E-state index contributed by atoms with van der Waals surface area (Å²) < 4.78 is 0. The van der Waals surface area contributed by atoms with Crippen molar-refractivity contribution in [3.05, 3.63) is 120 Å². The quantitative estimate of drug-likeness (QED) is 0.282. The van der Waals surface area contributed by atoms with Gasteiger partial charge < -0.3 is 15.3 Å². The van der Waals surface area contributed by atoms with Crippen LogP contribution in [0.15, 0.2) is 103 Å². The lowest BCUT2D eigenvalue weighted by atomic mass is 9.93. The first kappa shape index (κ1) is 27.6. The highest BCUT2D eigenvalue weighted by Crippen LogP contribution is 2.29. The predicted molar refractivity (Wildman–Crippen MR) is 157 cm³/mol. The molecule has 1 unspecified atom stereocenters. The van der Waals surface area contributed by atoms with E-state index in [1.807, 2.05) is 104 Å². The van der Waals surface area contributed by atoms with Gasteiger partial charge in [-0.05, 0) is 83.5 Å². The Morgan fingerprint density at radius 3 is 2.51 bits per heavy atom. The lowest BCUT2D eigenvalue weighted by Gasteiger charge is -2.22. The third-order valence-corrected chi connectivity index (χ3v) is 6.76. The Morgan fingerprint density at radius 1 is 1.05 bits per heavy atom. The van der Waals surface area contributed by atoms with Crippen LogP contribution in [-0.4, -0.2) is 40.2 Å². The molecule has 0 saturated carbocycles. The predicted octanol–water partition coefficient (Wildman–Crippen LogP) is 5.82. The number of benzene rings is 3. The molecule has 39 heavy (non-hydrogen) atoms. The van der Waals surface area contributed by atoms with E-state index in [9.17, 15) is 14.7 Å². The molecule has 1 aliphatic rings. The smallest absolute Gasteiger partial charge is 0.326 e. The summed E-state index contributed by atoms with van der Waals surface area (Å²) in [5, 5.41) is 13.8. The highest BCUT2D eigenvalue weighted by Gasteiger charge is 2.22. The number of carbonyl (C=O) groups is 2. The van der Waals surface area contributed by atoms with Crippen molar-refractivity contribution in [2.75, 3.05) is 12.0 Å². The molecule has 0 bridgehead atoms. The lowest BCUT2D eigenvalue weighted by Crippen LogP contribution is -2.41. The van der Waals surface area contributed by atoms with Crippen molar-refractivity contribution < 1.29 is 19.5 Å². The number of hydrazine groups is 1. The van der Waals surface area contributed by atoms with Crippen molar-refractivity contribution in [3.63, 3.8) is 0 Å². The fourth-order valence-electron chi connectivity index (χ4n) is 4.02. The molecule has 0 aliphatic carbocycles. The van der Waals surface area contributed by atoms with E-state index in [0.717, 1.165) is 27.8 Å². The van der Waals surface area contributed by atoms with E-state index in [1.165, 1.54) is 5.17 Å². The molecule has 0 radical (unpaired) electrons. The number of nitrogens with zero attached hydrogens (tertiary/aromatic N) is 1. The Hall–Kier alpha value is -4.43. The van der Waals surface area contributed by atoms with Crippen LogP contribution in [0.2, 0.25) is 0 Å². The van der Waals surface area contributed by atoms with Gasteiger partial charge in [-0.3, -0.25) is 10.2 Å². The lowest BCUT2D eigenvalue weighted by molar-refractivity contribution is -0.139. The second-order valence-electron chi connectivity index (χ2n) is 8.92. The minimum absolute atomic E-state index is 0.354. The molecule has 8 heteroatoms. The van der Waals surface area contributed by atoms with Crippen molar-refractivity contribution >= 4 is 29.7 Å². The van der Waals surface area contributed by atoms with Gasteiger partial charge in [0.15, 0.2) is 5.75 Å². The van der Waals surface area contributed by atoms with E-state index >= 15 is 0 Å². The summed E-state index contributed by atoms with van der Waals surface area (Å²) in [5.41, 5.74) is 8.02. The van der Waals surface area contributed by atoms with E-state index in [0.29, 0.717) is 23.5 Å². The number of nitrogens with one attached hydrogen (secondary N) is 2. The monoisotopic (exact) mass is 541 g/mol. The molecule has 4 rings (SSSR count). The number of carboxylic acid groups (broad SMARTS) is 1. The zero-order valence-electron chi connectivity index (χ0n) is 21.8. The summed E-state index contributed by atoms with van der Waals surface area (Å²) in [6, 6.07) is 21.9. The maximum absolute atomic E-state index is 13.3. The second kappa shape index (κ2) is 13.4. The molecular formula is C31H31N3O4S. The number of allylic oxidation sites excluding steroid dienone is 3. The number of aliphatic carboxylic acids is 1. The molecule has 3 aromatic rings. The van der Waals surface area contributed by atoms with Crippen LogP contribution in [-0.2, 0) is 4.79 Å². The van der Waals surface area contributed by atoms with Gasteiger partial charge in [0.2, 0.25) is 0 Å². The highest BCUT2D eigenvalue weighted by atomic mass is 32.2. The first-order chi connectivity index (χ1) is 18.9. The van der Waals surface area contributed by atoms with Crippen molar-refractivity contribution in [1.82, 2.24) is 15.9 Å². The molecule has 0 aromatic heterocycles. The molecule has 3 aromatic carbocycles. The fourth-order valence-corrected chi connectivity index (χ4v) is 4.49. The molecule has 0 spiro atoms. The van der Waals surface area contributed by atoms with Gasteiger partial charge >= 0.3 is 5.97 Å². The van der Waals surface area contributed by atoms with Crippen LogP contribution in [0.1, 0.15) is 27.9 Å². The Bertz CT molecular complexity index is 1400. The Balaban J connectivity index is 1.54. The first-order valence-corrected chi connectivity index (χ1v) is 13.9. The number of rotatable bonds is 11. The average molecular weight is 542 g/mol. The van der Waals surface area contributed by atoms with Crippen molar-refractivity contribution in [3.8, 4) is 16.9 Å². The van der Waals surface area contributed by atoms with E-state index in [-0.39, 0.29) is 0 Å². The van der Waals surface area contributed by atoms with E-state index in [2.05, 4.69) is 10.7 Å². The third kappa shape index (κ3) is 7.55. The fraction of sp³-hybridized carbons (Fsp3) is 0.161. The van der Waals surface area contributed by atoms with E-state index < -0.39 is 17.9 Å². The zero-order valence-corrected chi connectivity index (χ0v) is 22.7. The van der Waals surface area contributed by atoms with Crippen molar-refractivity contribution in [2.45, 2.75) is 19.4 Å². The SMILES string of the molecule is CSCCC(NC(=O)c1ccc(/C=C/C2=CNN(Oc3ccccc3)C=C2)cc1-c1ccccc1C)C(=O)O. The summed E-state index contributed by atoms with van der Waals surface area (Å²) >= 11 is 1.55. The van der Waals surface area contributed by atoms with Crippen LogP contribution in [0.3, 0.4) is 0 Å². The van der Waals surface area contributed by atoms with E-state index in [1.54, 1.807) is 24.0 Å². The van der Waals surface area contributed by atoms with Gasteiger partial charge in [-0.1, -0.05) is 60.7 Å². The average Bonchev–Trinajstić information content (AvgIpc) is 2.95. The number of amides is 1. The van der Waals surface area contributed by atoms with Gasteiger partial charge in [0, 0.05) is 11.8 Å². The number of carboxylic acids is 1. The Kier molecular flexibility index (Phi) is 9.48. The number of thioether (sulfide) groups is 1. The number of hydrogen-bond acceptors (Lipinski definition) is 6. The van der Waals surface area contributed by atoms with Crippen LogP contribution >= 0.6 is 11.8 Å². The number of hydrogen-bond donors (Lipinski definition) is 3. The number of carbonyl (C=O) groups excluding carboxylic acids is 1. The second-order valence-corrected chi connectivity index (χ2v) is 9.90. The van der Waals surface area contributed by atoms with Crippen molar-refractivity contribution in [1.29, 1.82) is 0 Å². The van der Waals surface area contributed by atoms with Gasteiger partial charge in [-0.2, -0.15) is 11.8 Å². The normalized spacial score (nSPS) is 13.5. The molecular weight excluding hydrogens is 510 g/mol. The summed E-state index contributed by atoms with van der Waals surface area (Å²) in [4.78, 5) is 30.7. The molecule has 0 saturated heterocycles. The minimum Gasteiger partial charge on any atom is -0.480 e. The van der Waals surface area contributed by atoms with E-state index in [4.69, 9.17) is 4.84 Å². The standard InChI is InChI=1S/C31H31N3O4S/c1-22-8-6-7-11-26(22)28-20-23(14-15-27(28)30(35)33-29(31(36)37)17-19-39-2)12-13-24-16-18-34(32-21-24)38-25-9-4-3-5-10-25/h3-16,18,20-21,29,32H,17,19H2,1-2H3,(H,33,35)(H,36,37)/b13-12+. The van der Waals surface area contributed by atoms with Gasteiger partial charge in [-0.15, -0.1) is 5.17 Å². The van der Waals surface area contributed by atoms with Gasteiger partial charge in [0.25, 0.3) is 5.91 Å². The Labute approximate surface area is 232 Å². The molecule has 3 N–H and O–H groups in total. The van der Waals surface area contributed by atoms with Crippen LogP contribution in [0.25, 0.3) is 17.2 Å². The van der Waals surface area contributed by atoms with Gasteiger partial charge in [0.1, 0.15) is 6.04 Å². The molecule has 7 nitrogen and oxygen atoms in total. The number of aryl methyl sites for hydroxylation is 1. The molecule has 0 fully saturated rings. The maximum atomic E-state index is 13.3. The molecule has 1 amide bonds. The summed E-state index contributed by atoms with van der Waals surface area (Å²) in [7, 11) is 0. The topological polar surface area (TPSA) is 90.9 Å². The summed E-state index contributed by atoms with van der Waals surface area (Å²) in [6.07, 6.45) is 11.7.